The Morgan fingerprint density at radius 1 is 0.909 bits per heavy atom. The summed E-state index contributed by atoms with van der Waals surface area (Å²) in [4.78, 5) is 0. The van der Waals surface area contributed by atoms with E-state index in [2.05, 4.69) is 5.32 Å². The zero-order valence-corrected chi connectivity index (χ0v) is 12.6. The Morgan fingerprint density at radius 3 is 2.18 bits per heavy atom. The molecule has 0 aromatic heterocycles. The van der Waals surface area contributed by atoms with Crippen molar-refractivity contribution in [2.75, 3.05) is 26.4 Å². The molecule has 0 saturated carbocycles. The van der Waals surface area contributed by atoms with E-state index in [1.807, 2.05) is 60.7 Å². The Morgan fingerprint density at radius 2 is 1.55 bits per heavy atom. The highest BCUT2D eigenvalue weighted by Crippen LogP contribution is 2.22. The average molecular weight is 301 g/mol. The van der Waals surface area contributed by atoms with Crippen LogP contribution in [-0.4, -0.2) is 36.6 Å². The van der Waals surface area contributed by atoms with Gasteiger partial charge < -0.3 is 14.9 Å². The predicted octanol–water partition coefficient (Wildman–Crippen LogP) is 1.67. The molecule has 0 fully saturated rings. The Kier molecular flexibility index (Phi) is 6.55. The molecule has 0 heterocycles. The molecule has 0 bridgehead atoms. The van der Waals surface area contributed by atoms with E-state index >= 15 is 0 Å². The normalized spacial score (nSPS) is 13.7. The highest BCUT2D eigenvalue weighted by Gasteiger charge is 2.28. The van der Waals surface area contributed by atoms with Crippen LogP contribution in [0.15, 0.2) is 60.7 Å². The molecule has 4 heteroatoms. The van der Waals surface area contributed by atoms with Crippen molar-refractivity contribution in [3.63, 3.8) is 0 Å². The van der Waals surface area contributed by atoms with Crippen LogP contribution in [0.3, 0.4) is 0 Å². The molecule has 0 spiro atoms. The summed E-state index contributed by atoms with van der Waals surface area (Å²) in [7, 11) is 0. The van der Waals surface area contributed by atoms with Crippen molar-refractivity contribution in [3.8, 4) is 0 Å². The van der Waals surface area contributed by atoms with Gasteiger partial charge in [0.2, 0.25) is 0 Å². The van der Waals surface area contributed by atoms with Gasteiger partial charge >= 0.3 is 0 Å². The third-order valence-electron chi connectivity index (χ3n) is 3.45. The first-order chi connectivity index (χ1) is 10.7. The van der Waals surface area contributed by atoms with Gasteiger partial charge in [-0.05, 0) is 11.1 Å². The zero-order valence-electron chi connectivity index (χ0n) is 12.6. The van der Waals surface area contributed by atoms with Gasteiger partial charge in [-0.15, -0.1) is 0 Å². The minimum atomic E-state index is -1.15. The number of hydrogen-bond donors (Lipinski definition) is 3. The monoisotopic (exact) mass is 301 g/mol. The van der Waals surface area contributed by atoms with Crippen molar-refractivity contribution >= 4 is 0 Å². The van der Waals surface area contributed by atoms with Crippen LogP contribution >= 0.6 is 0 Å². The second-order valence-electron chi connectivity index (χ2n) is 5.15. The maximum Gasteiger partial charge on any atom is 0.146 e. The molecule has 2 rings (SSSR count). The van der Waals surface area contributed by atoms with Crippen LogP contribution in [0, 0.1) is 0 Å². The molecule has 0 amide bonds. The third kappa shape index (κ3) is 4.93. The van der Waals surface area contributed by atoms with Crippen LogP contribution < -0.4 is 5.32 Å². The van der Waals surface area contributed by atoms with Crippen molar-refractivity contribution in [1.29, 1.82) is 0 Å². The molecular weight excluding hydrogens is 278 g/mol. The summed E-state index contributed by atoms with van der Waals surface area (Å²) >= 11 is 0. The van der Waals surface area contributed by atoms with Crippen LogP contribution in [0.2, 0.25) is 0 Å². The molecule has 0 saturated heterocycles. The van der Waals surface area contributed by atoms with E-state index < -0.39 is 5.72 Å². The van der Waals surface area contributed by atoms with Crippen LogP contribution in [-0.2, 0) is 16.9 Å². The van der Waals surface area contributed by atoms with Gasteiger partial charge in [0.15, 0.2) is 0 Å². The number of ether oxygens (including phenoxy) is 1. The second-order valence-corrected chi connectivity index (χ2v) is 5.15. The lowest BCUT2D eigenvalue weighted by molar-refractivity contribution is -0.00881. The highest BCUT2D eigenvalue weighted by molar-refractivity contribution is 5.26. The number of hydrogen-bond acceptors (Lipinski definition) is 4. The van der Waals surface area contributed by atoms with E-state index in [4.69, 9.17) is 9.84 Å². The Hall–Kier alpha value is -1.72. The van der Waals surface area contributed by atoms with Crippen molar-refractivity contribution in [3.05, 3.63) is 71.8 Å². The Balaban J connectivity index is 2.07. The molecule has 0 aliphatic carbocycles. The Bertz CT molecular complexity index is 533. The number of rotatable bonds is 9. The average Bonchev–Trinajstić information content (AvgIpc) is 2.56. The van der Waals surface area contributed by atoms with E-state index in [0.29, 0.717) is 26.2 Å². The summed E-state index contributed by atoms with van der Waals surface area (Å²) in [5.74, 6) is 0. The van der Waals surface area contributed by atoms with E-state index in [-0.39, 0.29) is 6.61 Å². The van der Waals surface area contributed by atoms with Gasteiger partial charge in [0, 0.05) is 13.0 Å². The zero-order chi connectivity index (χ0) is 15.7. The standard InChI is InChI=1S/C18H23NO3/c20-12-14-22-13-11-19-18(21,17-9-5-2-6-10-17)15-16-7-3-1-4-8-16/h1-10,19-21H,11-15H2. The van der Waals surface area contributed by atoms with Gasteiger partial charge in [0.05, 0.1) is 19.8 Å². The predicted molar refractivity (Wildman–Crippen MR) is 86.4 cm³/mol. The van der Waals surface area contributed by atoms with Crippen LogP contribution in [0.25, 0.3) is 0 Å². The van der Waals surface area contributed by atoms with Crippen molar-refractivity contribution in [1.82, 2.24) is 5.32 Å². The van der Waals surface area contributed by atoms with E-state index in [1.54, 1.807) is 0 Å². The van der Waals surface area contributed by atoms with Crippen LogP contribution in [0.5, 0.6) is 0 Å². The summed E-state index contributed by atoms with van der Waals surface area (Å²) in [5, 5.41) is 22.9. The molecule has 1 atom stereocenters. The van der Waals surface area contributed by atoms with E-state index in [1.165, 1.54) is 0 Å². The minimum absolute atomic E-state index is 0.00691. The number of aliphatic hydroxyl groups excluding tert-OH is 1. The Labute approximate surface area is 131 Å². The SMILES string of the molecule is OCCOCCNC(O)(Cc1ccccc1)c1ccccc1. The fourth-order valence-corrected chi connectivity index (χ4v) is 2.37. The first-order valence-corrected chi connectivity index (χ1v) is 7.50. The summed E-state index contributed by atoms with van der Waals surface area (Å²) in [5.41, 5.74) is 0.726. The minimum Gasteiger partial charge on any atom is -0.394 e. The summed E-state index contributed by atoms with van der Waals surface area (Å²) in [6, 6.07) is 19.4. The molecule has 3 N–H and O–H groups in total. The van der Waals surface area contributed by atoms with Gasteiger partial charge in [-0.3, -0.25) is 5.32 Å². The molecule has 0 aliphatic heterocycles. The fourth-order valence-electron chi connectivity index (χ4n) is 2.37. The largest absolute Gasteiger partial charge is 0.394 e. The van der Waals surface area contributed by atoms with Crippen molar-refractivity contribution in [2.45, 2.75) is 12.1 Å². The van der Waals surface area contributed by atoms with Gasteiger partial charge in [0.1, 0.15) is 5.72 Å². The topological polar surface area (TPSA) is 61.7 Å². The number of benzene rings is 2. The number of aliphatic hydroxyl groups is 2. The van der Waals surface area contributed by atoms with Crippen molar-refractivity contribution in [2.24, 2.45) is 0 Å². The van der Waals surface area contributed by atoms with Crippen LogP contribution in [0.1, 0.15) is 11.1 Å². The van der Waals surface area contributed by atoms with Gasteiger partial charge in [-0.25, -0.2) is 0 Å². The molecule has 118 valence electrons. The molecule has 2 aromatic carbocycles. The molecule has 0 aliphatic rings. The van der Waals surface area contributed by atoms with Gasteiger partial charge in [0.25, 0.3) is 0 Å². The highest BCUT2D eigenvalue weighted by atomic mass is 16.5. The lowest BCUT2D eigenvalue weighted by Crippen LogP contribution is -2.45. The maximum absolute atomic E-state index is 11.1. The smallest absolute Gasteiger partial charge is 0.146 e. The second kappa shape index (κ2) is 8.66. The lowest BCUT2D eigenvalue weighted by Gasteiger charge is -2.30. The number of nitrogens with one attached hydrogen (secondary N) is 1. The fraction of sp³-hybridized carbons (Fsp3) is 0.333. The summed E-state index contributed by atoms with van der Waals surface area (Å²) < 4.78 is 5.24. The molecule has 1 unspecified atom stereocenters. The first-order valence-electron chi connectivity index (χ1n) is 7.50. The van der Waals surface area contributed by atoms with Crippen molar-refractivity contribution < 1.29 is 14.9 Å². The van der Waals surface area contributed by atoms with Gasteiger partial charge in [-0.1, -0.05) is 60.7 Å². The molecule has 0 radical (unpaired) electrons. The van der Waals surface area contributed by atoms with E-state index in [9.17, 15) is 5.11 Å². The summed E-state index contributed by atoms with van der Waals surface area (Å²) in [6.07, 6.45) is 0.470. The third-order valence-corrected chi connectivity index (χ3v) is 3.45. The molecule has 2 aromatic rings. The lowest BCUT2D eigenvalue weighted by atomic mass is 9.95. The molecule has 4 nitrogen and oxygen atoms in total. The van der Waals surface area contributed by atoms with Crippen LogP contribution in [0.4, 0.5) is 0 Å². The molecule has 22 heavy (non-hydrogen) atoms. The van der Waals surface area contributed by atoms with E-state index in [0.717, 1.165) is 11.1 Å². The quantitative estimate of drug-likeness (QED) is 0.487. The molecular formula is C18H23NO3. The summed E-state index contributed by atoms with van der Waals surface area (Å²) in [6.45, 7) is 1.25. The van der Waals surface area contributed by atoms with Gasteiger partial charge in [-0.2, -0.15) is 0 Å². The maximum atomic E-state index is 11.1. The first kappa shape index (κ1) is 16.6.